The zero-order chi connectivity index (χ0) is 35.3. The Morgan fingerprint density at radius 1 is 1.00 bits per heavy atom. The summed E-state index contributed by atoms with van der Waals surface area (Å²) in [5, 5.41) is 33.0. The van der Waals surface area contributed by atoms with Crippen LogP contribution in [-0.2, 0) is 14.3 Å². The number of carbonyl (C=O) groups is 1. The molecule has 3 saturated carbocycles. The van der Waals surface area contributed by atoms with Gasteiger partial charge in [-0.05, 0) is 116 Å². The van der Waals surface area contributed by atoms with E-state index in [9.17, 15) is 20.1 Å². The summed E-state index contributed by atoms with van der Waals surface area (Å²) in [4.78, 5) is 11.7. The lowest BCUT2D eigenvalue weighted by Gasteiger charge is -2.58. The smallest absolute Gasteiger partial charge is 0.217 e. The summed E-state index contributed by atoms with van der Waals surface area (Å²) in [5.41, 5.74) is 2.12. The molecule has 0 aromatic rings. The van der Waals surface area contributed by atoms with E-state index in [1.165, 1.54) is 82.9 Å². The van der Waals surface area contributed by atoms with Gasteiger partial charge in [-0.2, -0.15) is 0 Å². The predicted molar refractivity (Wildman–Crippen MR) is 199 cm³/mol. The molecule has 4 N–H and O–H groups in total. The highest BCUT2D eigenvalue weighted by Crippen LogP contribution is 2.67. The fourth-order valence-corrected chi connectivity index (χ4v) is 12.7. The van der Waals surface area contributed by atoms with Gasteiger partial charge >= 0.3 is 0 Å². The van der Waals surface area contributed by atoms with Gasteiger partial charge in [0.25, 0.3) is 0 Å². The monoisotopic (exact) mass is 706 g/mol. The molecular formula is C41H71NO6S. The van der Waals surface area contributed by atoms with Crippen LogP contribution in [0.25, 0.3) is 0 Å². The molecule has 7 nitrogen and oxygen atoms in total. The summed E-state index contributed by atoms with van der Waals surface area (Å²) < 4.78 is 12.3. The summed E-state index contributed by atoms with van der Waals surface area (Å²) in [6.45, 7) is 14.5. The summed E-state index contributed by atoms with van der Waals surface area (Å²) in [5.74, 6) is 5.80. The SMILES string of the molecule is CC(=O)N[C@@H]1[C@@H](O)[C@H](O)[C@@H](CO)O[C@H]1SCCCCCCOC1CC[C@@]2(C)C(=CC[C@H]3[C@@H]4CC[C@H]([C@H](C)CCCC(C)C)[C@@]4(C)CC[C@@H]32)C1. The number of amides is 1. The van der Waals surface area contributed by atoms with Crippen LogP contribution in [0.4, 0.5) is 0 Å². The van der Waals surface area contributed by atoms with Gasteiger partial charge in [-0.25, -0.2) is 0 Å². The van der Waals surface area contributed by atoms with Gasteiger partial charge in [-0.15, -0.1) is 11.8 Å². The Labute approximate surface area is 302 Å². The van der Waals surface area contributed by atoms with E-state index in [1.807, 2.05) is 0 Å². The van der Waals surface area contributed by atoms with Crippen molar-refractivity contribution in [3.05, 3.63) is 11.6 Å². The second-order valence-electron chi connectivity index (χ2n) is 17.7. The van der Waals surface area contributed by atoms with E-state index < -0.39 is 29.8 Å². The average molecular weight is 706 g/mol. The van der Waals surface area contributed by atoms with Crippen molar-refractivity contribution >= 4 is 17.7 Å². The fourth-order valence-electron chi connectivity index (χ4n) is 11.4. The zero-order valence-electron chi connectivity index (χ0n) is 31.7. The average Bonchev–Trinajstić information content (AvgIpc) is 3.42. The van der Waals surface area contributed by atoms with Gasteiger partial charge in [0, 0.05) is 13.5 Å². The minimum Gasteiger partial charge on any atom is -0.394 e. The Kier molecular flexibility index (Phi) is 14.1. The highest BCUT2D eigenvalue weighted by atomic mass is 32.2. The van der Waals surface area contributed by atoms with Crippen LogP contribution in [0.15, 0.2) is 11.6 Å². The number of thioether (sulfide) groups is 1. The van der Waals surface area contributed by atoms with Crippen molar-refractivity contribution in [3.8, 4) is 0 Å². The topological polar surface area (TPSA) is 108 Å². The lowest BCUT2D eigenvalue weighted by molar-refractivity contribution is -0.173. The number of unbranched alkanes of at least 4 members (excludes halogenated alkanes) is 3. The summed E-state index contributed by atoms with van der Waals surface area (Å²) in [6, 6.07) is -0.706. The van der Waals surface area contributed by atoms with Crippen molar-refractivity contribution in [2.45, 2.75) is 174 Å². The number of hydrogen-bond acceptors (Lipinski definition) is 7. The van der Waals surface area contributed by atoms with Crippen molar-refractivity contribution in [1.82, 2.24) is 5.32 Å². The highest BCUT2D eigenvalue weighted by molar-refractivity contribution is 7.99. The molecule has 282 valence electrons. The Balaban J connectivity index is 1.02. The predicted octanol–water partition coefficient (Wildman–Crippen LogP) is 7.65. The van der Waals surface area contributed by atoms with Gasteiger partial charge < -0.3 is 30.1 Å². The molecule has 0 spiro atoms. The first-order valence-electron chi connectivity index (χ1n) is 20.2. The van der Waals surface area contributed by atoms with Crippen molar-refractivity contribution in [3.63, 3.8) is 0 Å². The van der Waals surface area contributed by atoms with E-state index in [4.69, 9.17) is 9.47 Å². The quantitative estimate of drug-likeness (QED) is 0.0966. The molecule has 0 aromatic carbocycles. The van der Waals surface area contributed by atoms with Crippen molar-refractivity contribution in [2.24, 2.45) is 46.3 Å². The van der Waals surface area contributed by atoms with Gasteiger partial charge in [0.15, 0.2) is 0 Å². The number of rotatable bonds is 16. The van der Waals surface area contributed by atoms with E-state index in [1.54, 1.807) is 5.57 Å². The van der Waals surface area contributed by atoms with Gasteiger partial charge in [0.05, 0.1) is 18.8 Å². The molecule has 8 heteroatoms. The highest BCUT2D eigenvalue weighted by Gasteiger charge is 2.59. The van der Waals surface area contributed by atoms with Gasteiger partial charge in [0.2, 0.25) is 5.91 Å². The van der Waals surface area contributed by atoms with Crippen molar-refractivity contribution < 1.29 is 29.6 Å². The van der Waals surface area contributed by atoms with E-state index in [0.29, 0.717) is 16.9 Å². The molecule has 13 atom stereocenters. The van der Waals surface area contributed by atoms with E-state index in [0.717, 1.165) is 80.0 Å². The largest absolute Gasteiger partial charge is 0.394 e. The molecule has 0 radical (unpaired) electrons. The Morgan fingerprint density at radius 2 is 1.78 bits per heavy atom. The first-order chi connectivity index (χ1) is 23.4. The molecule has 5 aliphatic rings. The summed E-state index contributed by atoms with van der Waals surface area (Å²) >= 11 is 1.53. The second-order valence-corrected chi connectivity index (χ2v) is 18.9. The number of hydrogen-bond donors (Lipinski definition) is 4. The van der Waals surface area contributed by atoms with Crippen molar-refractivity contribution in [2.75, 3.05) is 19.0 Å². The number of aliphatic hydroxyl groups is 3. The first kappa shape index (κ1) is 39.6. The van der Waals surface area contributed by atoms with Crippen LogP contribution < -0.4 is 5.32 Å². The van der Waals surface area contributed by atoms with Gasteiger partial charge in [-0.1, -0.05) is 78.4 Å². The van der Waals surface area contributed by atoms with E-state index >= 15 is 0 Å². The molecule has 4 fully saturated rings. The third kappa shape index (κ3) is 8.95. The van der Waals surface area contributed by atoms with Crippen LogP contribution in [0.2, 0.25) is 0 Å². The maximum absolute atomic E-state index is 11.7. The number of aliphatic hydroxyl groups excluding tert-OH is 3. The molecule has 4 aliphatic carbocycles. The standard InChI is InChI=1S/C41H71NO6S/c1-26(2)12-11-13-27(3)32-16-17-33-31-15-14-29-24-30(18-20-40(29,5)34(31)19-21-41(32,33)6)47-22-9-7-8-10-23-49-39-36(42-28(4)44)38(46)37(45)35(25-43)48-39/h14,26-27,30-39,43,45-46H,7-13,15-25H2,1-6H3,(H,42,44)/t27-,30?,31+,32-,33+,34+,35-,36-,37-,38-,39+,40+,41-/m1/s1. The Bertz CT molecular complexity index is 1100. The van der Waals surface area contributed by atoms with Crippen LogP contribution in [0.3, 0.4) is 0 Å². The molecule has 1 heterocycles. The maximum Gasteiger partial charge on any atom is 0.217 e. The van der Waals surface area contributed by atoms with Gasteiger partial charge in [-0.3, -0.25) is 4.79 Å². The molecule has 5 rings (SSSR count). The number of carbonyl (C=O) groups excluding carboxylic acids is 1. The minimum atomic E-state index is -1.23. The molecule has 49 heavy (non-hydrogen) atoms. The maximum atomic E-state index is 11.7. The second kappa shape index (κ2) is 17.5. The molecule has 0 aromatic heterocycles. The molecule has 1 aliphatic heterocycles. The van der Waals surface area contributed by atoms with E-state index in [-0.39, 0.29) is 12.5 Å². The molecule has 1 amide bonds. The fraction of sp³-hybridized carbons (Fsp3) is 0.927. The van der Waals surface area contributed by atoms with Gasteiger partial charge in [0.1, 0.15) is 23.7 Å². The lowest BCUT2D eigenvalue weighted by atomic mass is 9.47. The minimum absolute atomic E-state index is 0.281. The van der Waals surface area contributed by atoms with Crippen molar-refractivity contribution in [1.29, 1.82) is 0 Å². The van der Waals surface area contributed by atoms with Crippen LogP contribution in [0, 0.1) is 46.3 Å². The number of fused-ring (bicyclic) bond motifs is 5. The summed E-state index contributed by atoms with van der Waals surface area (Å²) in [6.07, 6.45) is 18.9. The first-order valence-corrected chi connectivity index (χ1v) is 21.3. The Hall–Kier alpha value is -0.640. The molecule has 1 unspecified atom stereocenters. The molecule has 1 saturated heterocycles. The lowest BCUT2D eigenvalue weighted by Crippen LogP contribution is -2.63. The number of allylic oxidation sites excluding steroid dienone is 1. The van der Waals surface area contributed by atoms with Crippen LogP contribution in [0.1, 0.15) is 138 Å². The third-order valence-corrected chi connectivity index (χ3v) is 15.4. The molecular weight excluding hydrogens is 635 g/mol. The number of ether oxygens (including phenoxy) is 2. The number of nitrogens with one attached hydrogen (secondary N) is 1. The van der Waals surface area contributed by atoms with Crippen LogP contribution in [-0.4, -0.2) is 76.1 Å². The van der Waals surface area contributed by atoms with E-state index in [2.05, 4.69) is 46.0 Å². The Morgan fingerprint density at radius 3 is 2.51 bits per heavy atom. The zero-order valence-corrected chi connectivity index (χ0v) is 32.5. The van der Waals surface area contributed by atoms with Crippen LogP contribution in [0.5, 0.6) is 0 Å². The summed E-state index contributed by atoms with van der Waals surface area (Å²) in [7, 11) is 0. The molecule has 0 bridgehead atoms. The van der Waals surface area contributed by atoms with Crippen LogP contribution >= 0.6 is 11.8 Å². The normalized spacial score (nSPS) is 41.1. The third-order valence-electron chi connectivity index (χ3n) is 14.2.